The van der Waals surface area contributed by atoms with E-state index in [1.54, 1.807) is 0 Å². The SMILES string of the molecule is CN=C(NCCCCOc1ccccc1)NC1CC2CCC1O2.I. The van der Waals surface area contributed by atoms with Crippen LogP contribution in [0.5, 0.6) is 5.75 Å². The minimum absolute atomic E-state index is 0. The molecule has 0 radical (unpaired) electrons. The molecule has 2 bridgehead atoms. The molecule has 5 nitrogen and oxygen atoms in total. The van der Waals surface area contributed by atoms with E-state index in [9.17, 15) is 0 Å². The molecule has 24 heavy (non-hydrogen) atoms. The number of unbranched alkanes of at least 4 members (excludes halogenated alkanes) is 1. The molecule has 3 rings (SSSR count). The van der Waals surface area contributed by atoms with Crippen LogP contribution in [0.1, 0.15) is 32.1 Å². The summed E-state index contributed by atoms with van der Waals surface area (Å²) in [4.78, 5) is 4.31. The molecule has 0 amide bonds. The van der Waals surface area contributed by atoms with Crippen molar-refractivity contribution < 1.29 is 9.47 Å². The van der Waals surface area contributed by atoms with Gasteiger partial charge in [-0.2, -0.15) is 0 Å². The first kappa shape index (κ1) is 19.3. The maximum atomic E-state index is 5.87. The minimum atomic E-state index is 0. The number of aliphatic imine (C=N–C) groups is 1. The molecule has 2 saturated heterocycles. The second kappa shape index (κ2) is 10.1. The van der Waals surface area contributed by atoms with Crippen molar-refractivity contribution in [2.45, 2.75) is 50.4 Å². The van der Waals surface area contributed by atoms with Crippen molar-refractivity contribution in [3.8, 4) is 5.75 Å². The summed E-state index contributed by atoms with van der Waals surface area (Å²) in [7, 11) is 1.82. The number of rotatable bonds is 7. The first-order valence-electron chi connectivity index (χ1n) is 8.65. The zero-order valence-electron chi connectivity index (χ0n) is 14.2. The van der Waals surface area contributed by atoms with Crippen molar-refractivity contribution in [2.24, 2.45) is 4.99 Å². The van der Waals surface area contributed by atoms with E-state index in [2.05, 4.69) is 15.6 Å². The smallest absolute Gasteiger partial charge is 0.191 e. The molecule has 6 heteroatoms. The number of halogens is 1. The molecule has 134 valence electrons. The van der Waals surface area contributed by atoms with E-state index >= 15 is 0 Å². The highest BCUT2D eigenvalue weighted by atomic mass is 127. The van der Waals surface area contributed by atoms with Gasteiger partial charge in [0.05, 0.1) is 24.9 Å². The van der Waals surface area contributed by atoms with Gasteiger partial charge in [-0.1, -0.05) is 18.2 Å². The summed E-state index contributed by atoms with van der Waals surface area (Å²) in [6.07, 6.45) is 6.42. The summed E-state index contributed by atoms with van der Waals surface area (Å²) < 4.78 is 11.6. The Morgan fingerprint density at radius 2 is 2.08 bits per heavy atom. The number of para-hydroxylation sites is 1. The van der Waals surface area contributed by atoms with Gasteiger partial charge in [-0.25, -0.2) is 0 Å². The standard InChI is InChI=1S/C18H27N3O2.HI/c1-19-18(21-16-13-15-9-10-17(16)23-15)20-11-5-6-12-22-14-7-3-2-4-8-14;/h2-4,7-8,15-17H,5-6,9-13H2,1H3,(H2,19,20,21);1H. The van der Waals surface area contributed by atoms with E-state index in [1.807, 2.05) is 37.4 Å². The average molecular weight is 445 g/mol. The Bertz CT molecular complexity index is 512. The largest absolute Gasteiger partial charge is 0.494 e. The molecule has 3 atom stereocenters. The molecule has 1 aromatic rings. The van der Waals surface area contributed by atoms with Crippen LogP contribution in [-0.4, -0.2) is 44.4 Å². The number of hydrogen-bond donors (Lipinski definition) is 2. The van der Waals surface area contributed by atoms with Crippen molar-refractivity contribution in [2.75, 3.05) is 20.2 Å². The number of guanidine groups is 1. The van der Waals surface area contributed by atoms with Crippen molar-refractivity contribution in [3.05, 3.63) is 30.3 Å². The Labute approximate surface area is 161 Å². The maximum absolute atomic E-state index is 5.87. The summed E-state index contributed by atoms with van der Waals surface area (Å²) in [5.41, 5.74) is 0. The molecule has 2 aliphatic rings. The topological polar surface area (TPSA) is 54.9 Å². The van der Waals surface area contributed by atoms with Gasteiger partial charge in [0.2, 0.25) is 0 Å². The number of nitrogens with zero attached hydrogens (tertiary/aromatic N) is 1. The zero-order chi connectivity index (χ0) is 15.9. The van der Waals surface area contributed by atoms with E-state index in [-0.39, 0.29) is 24.0 Å². The predicted octanol–water partition coefficient (Wildman–Crippen LogP) is 2.95. The number of ether oxygens (including phenoxy) is 2. The first-order chi connectivity index (χ1) is 11.3. The third kappa shape index (κ3) is 5.51. The molecule has 0 aliphatic carbocycles. The van der Waals surface area contributed by atoms with Gasteiger partial charge in [-0.15, -0.1) is 24.0 Å². The molecule has 0 spiro atoms. The molecule has 3 unspecified atom stereocenters. The van der Waals surface area contributed by atoms with Gasteiger partial charge in [-0.05, 0) is 44.2 Å². The molecule has 2 aliphatic heterocycles. The van der Waals surface area contributed by atoms with Crippen LogP contribution in [0.3, 0.4) is 0 Å². The minimum Gasteiger partial charge on any atom is -0.494 e. The van der Waals surface area contributed by atoms with Gasteiger partial charge in [0.1, 0.15) is 5.75 Å². The van der Waals surface area contributed by atoms with Crippen LogP contribution in [-0.2, 0) is 4.74 Å². The Morgan fingerprint density at radius 3 is 2.75 bits per heavy atom. The fourth-order valence-corrected chi connectivity index (χ4v) is 3.30. The normalized spacial score (nSPS) is 25.2. The van der Waals surface area contributed by atoms with Crippen LogP contribution in [0.2, 0.25) is 0 Å². The summed E-state index contributed by atoms with van der Waals surface area (Å²) >= 11 is 0. The molecule has 0 saturated carbocycles. The maximum Gasteiger partial charge on any atom is 0.191 e. The second-order valence-electron chi connectivity index (χ2n) is 6.23. The fourth-order valence-electron chi connectivity index (χ4n) is 3.30. The second-order valence-corrected chi connectivity index (χ2v) is 6.23. The molecular weight excluding hydrogens is 417 g/mol. The van der Waals surface area contributed by atoms with E-state index in [0.717, 1.165) is 44.1 Å². The average Bonchev–Trinajstić information content (AvgIpc) is 3.20. The zero-order valence-corrected chi connectivity index (χ0v) is 16.6. The lowest BCUT2D eigenvalue weighted by Gasteiger charge is -2.22. The Balaban J connectivity index is 0.00000208. The van der Waals surface area contributed by atoms with Crippen LogP contribution >= 0.6 is 24.0 Å². The molecule has 2 N–H and O–H groups in total. The van der Waals surface area contributed by atoms with Crippen LogP contribution in [0.4, 0.5) is 0 Å². The predicted molar refractivity (Wildman–Crippen MR) is 107 cm³/mol. The first-order valence-corrected chi connectivity index (χ1v) is 8.65. The summed E-state index contributed by atoms with van der Waals surface area (Å²) in [6, 6.07) is 10.4. The molecular formula is C18H28IN3O2. The van der Waals surface area contributed by atoms with Crippen molar-refractivity contribution in [1.29, 1.82) is 0 Å². The van der Waals surface area contributed by atoms with Crippen LogP contribution < -0.4 is 15.4 Å². The molecule has 2 heterocycles. The van der Waals surface area contributed by atoms with Gasteiger partial charge < -0.3 is 20.1 Å². The van der Waals surface area contributed by atoms with Gasteiger partial charge >= 0.3 is 0 Å². The van der Waals surface area contributed by atoms with Crippen LogP contribution in [0.25, 0.3) is 0 Å². The highest BCUT2D eigenvalue weighted by Gasteiger charge is 2.40. The molecule has 2 fully saturated rings. The summed E-state index contributed by atoms with van der Waals surface area (Å²) in [5, 5.41) is 6.88. The number of fused-ring (bicyclic) bond motifs is 2. The third-order valence-electron chi connectivity index (χ3n) is 4.53. The highest BCUT2D eigenvalue weighted by molar-refractivity contribution is 14.0. The van der Waals surface area contributed by atoms with Gasteiger partial charge in [0.25, 0.3) is 0 Å². The van der Waals surface area contributed by atoms with Gasteiger partial charge in [-0.3, -0.25) is 4.99 Å². The molecule has 0 aromatic heterocycles. The third-order valence-corrected chi connectivity index (χ3v) is 4.53. The highest BCUT2D eigenvalue weighted by Crippen LogP contribution is 2.34. The quantitative estimate of drug-likeness (QED) is 0.293. The van der Waals surface area contributed by atoms with Crippen molar-refractivity contribution >= 4 is 29.9 Å². The molecule has 1 aromatic carbocycles. The Morgan fingerprint density at radius 1 is 1.25 bits per heavy atom. The van der Waals surface area contributed by atoms with Crippen LogP contribution in [0.15, 0.2) is 35.3 Å². The monoisotopic (exact) mass is 445 g/mol. The van der Waals surface area contributed by atoms with E-state index in [0.29, 0.717) is 18.2 Å². The van der Waals surface area contributed by atoms with Crippen molar-refractivity contribution in [1.82, 2.24) is 10.6 Å². The van der Waals surface area contributed by atoms with Gasteiger partial charge in [0.15, 0.2) is 5.96 Å². The lowest BCUT2D eigenvalue weighted by molar-refractivity contribution is 0.0992. The van der Waals surface area contributed by atoms with Crippen LogP contribution in [0, 0.1) is 0 Å². The van der Waals surface area contributed by atoms with E-state index in [1.165, 1.54) is 12.8 Å². The number of benzene rings is 1. The van der Waals surface area contributed by atoms with Crippen molar-refractivity contribution in [3.63, 3.8) is 0 Å². The Hall–Kier alpha value is -1.02. The lowest BCUT2D eigenvalue weighted by Crippen LogP contribution is -2.47. The summed E-state index contributed by atoms with van der Waals surface area (Å²) in [5.74, 6) is 1.82. The lowest BCUT2D eigenvalue weighted by atomic mass is 9.96. The van der Waals surface area contributed by atoms with Gasteiger partial charge in [0, 0.05) is 13.6 Å². The van der Waals surface area contributed by atoms with E-state index < -0.39 is 0 Å². The number of hydrogen-bond acceptors (Lipinski definition) is 3. The fraction of sp³-hybridized carbons (Fsp3) is 0.611. The Kier molecular flexibility index (Phi) is 8.11. The van der Waals surface area contributed by atoms with E-state index in [4.69, 9.17) is 9.47 Å². The summed E-state index contributed by atoms with van der Waals surface area (Å²) in [6.45, 7) is 1.65. The number of nitrogens with one attached hydrogen (secondary N) is 2.